The molecule has 0 aliphatic carbocycles. The van der Waals surface area contributed by atoms with E-state index in [9.17, 15) is 22.8 Å². The van der Waals surface area contributed by atoms with Crippen LogP contribution in [0.3, 0.4) is 0 Å². The van der Waals surface area contributed by atoms with Crippen LogP contribution >= 0.6 is 11.6 Å². The van der Waals surface area contributed by atoms with Crippen LogP contribution in [0.15, 0.2) is 48.5 Å². The minimum absolute atomic E-state index is 0.173. The van der Waals surface area contributed by atoms with Gasteiger partial charge in [-0.3, -0.25) is 9.59 Å². The molecule has 0 N–H and O–H groups in total. The van der Waals surface area contributed by atoms with E-state index in [-0.39, 0.29) is 17.4 Å². The molecule has 2 aromatic rings. The number of carbonyl (C=O) groups excluding carboxylic acids is 2. The first-order valence-electron chi connectivity index (χ1n) is 9.96. The van der Waals surface area contributed by atoms with Gasteiger partial charge in [0.25, 0.3) is 5.91 Å². The van der Waals surface area contributed by atoms with E-state index in [1.807, 2.05) is 0 Å². The summed E-state index contributed by atoms with van der Waals surface area (Å²) in [6, 6.07) is 10.4. The fraction of sp³-hybridized carbons (Fsp3) is 0.304. The lowest BCUT2D eigenvalue weighted by atomic mass is 10.1. The lowest BCUT2D eigenvalue weighted by Crippen LogP contribution is -2.36. The van der Waals surface area contributed by atoms with Crippen LogP contribution in [0.2, 0.25) is 5.02 Å². The summed E-state index contributed by atoms with van der Waals surface area (Å²) >= 11 is 5.63. The van der Waals surface area contributed by atoms with Gasteiger partial charge in [-0.15, -0.1) is 0 Å². The number of methoxy groups -OCH3 is 1. The van der Waals surface area contributed by atoms with Crippen LogP contribution in [0.5, 0.6) is 5.75 Å². The van der Waals surface area contributed by atoms with Crippen molar-refractivity contribution in [2.24, 2.45) is 0 Å². The Labute approximate surface area is 189 Å². The standard InChI is InChI=1S/C23H22ClF3N2O3/c1-32-20-6-3-2-5-17(20)22(31)29-12-4-11-28(13-14-29)21(30)10-8-16-7-9-19(24)18(15-16)23(25,26)27/h2-3,5-10,15H,4,11-14H2,1H3/b10-8+. The predicted octanol–water partition coefficient (Wildman–Crippen LogP) is 4.76. The van der Waals surface area contributed by atoms with E-state index in [0.29, 0.717) is 43.9 Å². The SMILES string of the molecule is COc1ccccc1C(=O)N1CCCN(C(=O)/C=C/c2ccc(Cl)c(C(F)(F)F)c2)CC1. The minimum atomic E-state index is -4.58. The number of para-hydroxylation sites is 1. The number of alkyl halides is 3. The third-order valence-corrected chi connectivity index (χ3v) is 5.48. The van der Waals surface area contributed by atoms with Gasteiger partial charge in [0.15, 0.2) is 0 Å². The summed E-state index contributed by atoms with van der Waals surface area (Å²) < 4.78 is 44.3. The number of carbonyl (C=O) groups is 2. The third-order valence-electron chi connectivity index (χ3n) is 5.15. The largest absolute Gasteiger partial charge is 0.496 e. The van der Waals surface area contributed by atoms with Crippen molar-refractivity contribution in [3.63, 3.8) is 0 Å². The highest BCUT2D eigenvalue weighted by atomic mass is 35.5. The number of ether oxygens (including phenoxy) is 1. The molecule has 1 saturated heterocycles. The molecule has 1 aliphatic heterocycles. The Morgan fingerprint density at radius 1 is 1.03 bits per heavy atom. The van der Waals surface area contributed by atoms with Gasteiger partial charge in [-0.25, -0.2) is 0 Å². The summed E-state index contributed by atoms with van der Waals surface area (Å²) in [7, 11) is 1.50. The zero-order chi connectivity index (χ0) is 23.3. The van der Waals surface area contributed by atoms with Crippen molar-refractivity contribution in [2.45, 2.75) is 12.6 Å². The molecule has 2 amide bonds. The summed E-state index contributed by atoms with van der Waals surface area (Å²) in [5.41, 5.74) is -0.273. The number of hydrogen-bond acceptors (Lipinski definition) is 3. The van der Waals surface area contributed by atoms with E-state index < -0.39 is 16.8 Å². The van der Waals surface area contributed by atoms with E-state index in [0.717, 1.165) is 12.1 Å². The van der Waals surface area contributed by atoms with Crippen molar-refractivity contribution in [3.05, 3.63) is 70.3 Å². The van der Waals surface area contributed by atoms with Crippen molar-refractivity contribution >= 4 is 29.5 Å². The van der Waals surface area contributed by atoms with Crippen molar-refractivity contribution in [3.8, 4) is 5.75 Å². The fourth-order valence-corrected chi connectivity index (χ4v) is 3.69. The van der Waals surface area contributed by atoms with Crippen LogP contribution < -0.4 is 4.74 Å². The van der Waals surface area contributed by atoms with Gasteiger partial charge < -0.3 is 14.5 Å². The molecule has 1 heterocycles. The number of rotatable bonds is 4. The molecule has 0 unspecified atom stereocenters. The van der Waals surface area contributed by atoms with Gasteiger partial charge in [0.1, 0.15) is 5.75 Å². The van der Waals surface area contributed by atoms with E-state index in [1.165, 1.54) is 25.3 Å². The van der Waals surface area contributed by atoms with Gasteiger partial charge in [-0.2, -0.15) is 13.2 Å². The lowest BCUT2D eigenvalue weighted by Gasteiger charge is -2.22. The minimum Gasteiger partial charge on any atom is -0.496 e. The highest BCUT2D eigenvalue weighted by Gasteiger charge is 2.33. The Morgan fingerprint density at radius 3 is 2.44 bits per heavy atom. The molecular formula is C23H22ClF3N2O3. The van der Waals surface area contributed by atoms with E-state index in [4.69, 9.17) is 16.3 Å². The Morgan fingerprint density at radius 2 is 1.72 bits per heavy atom. The first-order valence-corrected chi connectivity index (χ1v) is 10.3. The smallest absolute Gasteiger partial charge is 0.417 e. The molecule has 170 valence electrons. The molecule has 5 nitrogen and oxygen atoms in total. The molecule has 0 saturated carbocycles. The number of benzene rings is 2. The van der Waals surface area contributed by atoms with E-state index >= 15 is 0 Å². The molecule has 1 fully saturated rings. The van der Waals surface area contributed by atoms with Gasteiger partial charge in [0.2, 0.25) is 5.91 Å². The number of nitrogens with zero attached hydrogens (tertiary/aromatic N) is 2. The maximum atomic E-state index is 13.0. The Hall–Kier alpha value is -3.00. The summed E-state index contributed by atoms with van der Waals surface area (Å²) in [5.74, 6) is -0.0213. The van der Waals surface area contributed by atoms with Crippen LogP contribution in [-0.2, 0) is 11.0 Å². The van der Waals surface area contributed by atoms with Crippen molar-refractivity contribution < 1.29 is 27.5 Å². The first-order chi connectivity index (χ1) is 15.2. The highest BCUT2D eigenvalue weighted by molar-refractivity contribution is 6.31. The summed E-state index contributed by atoms with van der Waals surface area (Å²) in [6.07, 6.45) is -1.43. The molecule has 1 aliphatic rings. The molecule has 0 bridgehead atoms. The molecule has 32 heavy (non-hydrogen) atoms. The Bertz CT molecular complexity index is 1020. The zero-order valence-electron chi connectivity index (χ0n) is 17.4. The second-order valence-electron chi connectivity index (χ2n) is 7.24. The molecule has 3 rings (SSSR count). The Balaban J connectivity index is 1.65. The number of hydrogen-bond donors (Lipinski definition) is 0. The maximum absolute atomic E-state index is 13.0. The predicted molar refractivity (Wildman–Crippen MR) is 116 cm³/mol. The molecule has 0 radical (unpaired) electrons. The Kier molecular flexibility index (Phi) is 7.45. The van der Waals surface area contributed by atoms with Crippen LogP contribution in [-0.4, -0.2) is 54.9 Å². The van der Waals surface area contributed by atoms with Gasteiger partial charge in [0.05, 0.1) is 23.3 Å². The van der Waals surface area contributed by atoms with Gasteiger partial charge >= 0.3 is 6.18 Å². The van der Waals surface area contributed by atoms with Gasteiger partial charge in [-0.05, 0) is 42.3 Å². The monoisotopic (exact) mass is 466 g/mol. The van der Waals surface area contributed by atoms with Crippen molar-refractivity contribution in [1.82, 2.24) is 9.80 Å². The topological polar surface area (TPSA) is 49.9 Å². The fourth-order valence-electron chi connectivity index (χ4n) is 3.47. The molecule has 0 atom stereocenters. The van der Waals surface area contributed by atoms with Crippen LogP contribution in [0.1, 0.15) is 27.9 Å². The lowest BCUT2D eigenvalue weighted by molar-refractivity contribution is -0.137. The average Bonchev–Trinajstić information content (AvgIpc) is 3.03. The summed E-state index contributed by atoms with van der Waals surface area (Å²) in [6.45, 7) is 1.58. The maximum Gasteiger partial charge on any atom is 0.417 e. The zero-order valence-corrected chi connectivity index (χ0v) is 18.1. The second-order valence-corrected chi connectivity index (χ2v) is 7.65. The van der Waals surface area contributed by atoms with Gasteiger partial charge in [-0.1, -0.05) is 29.8 Å². The summed E-state index contributed by atoms with van der Waals surface area (Å²) in [4.78, 5) is 28.7. The quantitative estimate of drug-likeness (QED) is 0.611. The molecule has 2 aromatic carbocycles. The normalized spacial score (nSPS) is 15.0. The van der Waals surface area contributed by atoms with Crippen molar-refractivity contribution in [2.75, 3.05) is 33.3 Å². The number of halogens is 4. The van der Waals surface area contributed by atoms with E-state index in [2.05, 4.69) is 0 Å². The molecule has 0 spiro atoms. The van der Waals surface area contributed by atoms with E-state index in [1.54, 1.807) is 34.1 Å². The second kappa shape index (κ2) is 10.1. The molecular weight excluding hydrogens is 445 g/mol. The van der Waals surface area contributed by atoms with Crippen molar-refractivity contribution in [1.29, 1.82) is 0 Å². The first kappa shape index (κ1) is 23.7. The van der Waals surface area contributed by atoms with Crippen LogP contribution in [0, 0.1) is 0 Å². The third kappa shape index (κ3) is 5.62. The van der Waals surface area contributed by atoms with Crippen LogP contribution in [0.25, 0.3) is 6.08 Å². The highest BCUT2D eigenvalue weighted by Crippen LogP contribution is 2.35. The molecule has 0 aromatic heterocycles. The number of amides is 2. The molecule has 9 heteroatoms. The average molecular weight is 467 g/mol. The van der Waals surface area contributed by atoms with Crippen LogP contribution in [0.4, 0.5) is 13.2 Å². The van der Waals surface area contributed by atoms with Gasteiger partial charge in [0, 0.05) is 32.3 Å². The summed E-state index contributed by atoms with van der Waals surface area (Å²) in [5, 5.41) is -0.395.